The minimum Gasteiger partial charge on any atom is -0.494 e. The highest BCUT2D eigenvalue weighted by Gasteiger charge is 2.39. The van der Waals surface area contributed by atoms with Crippen LogP contribution in [0, 0.1) is 0 Å². The zero-order chi connectivity index (χ0) is 27.3. The third-order valence-electron chi connectivity index (χ3n) is 6.79. The van der Waals surface area contributed by atoms with Crippen LogP contribution in [0.15, 0.2) is 57.7 Å². The van der Waals surface area contributed by atoms with Gasteiger partial charge in [-0.25, -0.2) is 9.97 Å². The van der Waals surface area contributed by atoms with Gasteiger partial charge in [-0.15, -0.1) is 0 Å². The van der Waals surface area contributed by atoms with Gasteiger partial charge in [0.05, 0.1) is 12.7 Å². The SMILES string of the molecule is COc1cccc2oc(-c3c(C(=O)N4CCCCC4)nc4c(-c5ccccc5)c(C(F)(F)F)[nH]n4c3=O)nc12. The molecule has 0 atom stereocenters. The molecule has 9 nitrogen and oxygen atoms in total. The minimum absolute atomic E-state index is 0.186. The van der Waals surface area contributed by atoms with E-state index in [9.17, 15) is 22.8 Å². The zero-order valence-corrected chi connectivity index (χ0v) is 20.7. The molecule has 200 valence electrons. The molecule has 0 unspecified atom stereocenters. The van der Waals surface area contributed by atoms with Gasteiger partial charge in [0, 0.05) is 13.1 Å². The highest BCUT2D eigenvalue weighted by Crippen LogP contribution is 2.39. The molecule has 1 saturated heterocycles. The molecular weight excluding hydrogens is 515 g/mol. The lowest BCUT2D eigenvalue weighted by atomic mass is 10.1. The molecule has 0 aliphatic carbocycles. The molecule has 5 aromatic rings. The van der Waals surface area contributed by atoms with Gasteiger partial charge in [0.2, 0.25) is 5.89 Å². The van der Waals surface area contributed by atoms with Gasteiger partial charge >= 0.3 is 6.18 Å². The Morgan fingerprint density at radius 2 is 1.74 bits per heavy atom. The number of rotatable bonds is 4. The molecule has 3 aromatic heterocycles. The molecule has 1 amide bonds. The fourth-order valence-electron chi connectivity index (χ4n) is 4.94. The Labute approximate surface area is 218 Å². The van der Waals surface area contributed by atoms with Crippen LogP contribution in [-0.4, -0.2) is 50.6 Å². The van der Waals surface area contributed by atoms with Crippen molar-refractivity contribution in [1.82, 2.24) is 24.5 Å². The van der Waals surface area contributed by atoms with Crippen molar-refractivity contribution in [2.75, 3.05) is 20.2 Å². The Morgan fingerprint density at radius 1 is 1.00 bits per heavy atom. The fraction of sp³-hybridized carbons (Fsp3) is 0.259. The quantitative estimate of drug-likeness (QED) is 0.340. The predicted molar refractivity (Wildman–Crippen MR) is 136 cm³/mol. The maximum atomic E-state index is 14.2. The van der Waals surface area contributed by atoms with Gasteiger partial charge in [-0.05, 0) is 37.0 Å². The summed E-state index contributed by atoms with van der Waals surface area (Å²) in [6.07, 6.45) is -2.37. The minimum atomic E-state index is -4.84. The molecular formula is C27H22F3N5O4. The van der Waals surface area contributed by atoms with Crippen LogP contribution in [0.2, 0.25) is 0 Å². The number of oxazole rings is 1. The van der Waals surface area contributed by atoms with Crippen LogP contribution in [0.25, 0.3) is 39.3 Å². The van der Waals surface area contributed by atoms with Crippen molar-refractivity contribution in [3.05, 3.63) is 70.3 Å². The topological polar surface area (TPSA) is 106 Å². The first-order chi connectivity index (χ1) is 18.8. The second-order valence-electron chi connectivity index (χ2n) is 9.20. The molecule has 2 aromatic carbocycles. The largest absolute Gasteiger partial charge is 0.494 e. The monoisotopic (exact) mass is 537 g/mol. The summed E-state index contributed by atoms with van der Waals surface area (Å²) in [7, 11) is 1.44. The summed E-state index contributed by atoms with van der Waals surface area (Å²) in [4.78, 5) is 38.0. The number of methoxy groups -OCH3 is 1. The number of nitrogens with one attached hydrogen (secondary N) is 1. The number of H-pyrrole nitrogens is 1. The standard InChI is InChI=1S/C27H22F3N5O4/c1-38-16-11-8-12-17-20(16)32-24(39-17)19-21(26(37)34-13-6-3-7-14-34)31-23-18(15-9-4-2-5-10-15)22(27(28,29)30)33-35(23)25(19)36/h2,4-5,8-12,33H,3,6-7,13-14H2,1H3. The molecule has 0 bridgehead atoms. The van der Waals surface area contributed by atoms with E-state index in [2.05, 4.69) is 15.1 Å². The summed E-state index contributed by atoms with van der Waals surface area (Å²) in [5.41, 5.74) is -2.67. The van der Waals surface area contributed by atoms with Crippen molar-refractivity contribution in [2.45, 2.75) is 25.4 Å². The molecule has 1 fully saturated rings. The van der Waals surface area contributed by atoms with E-state index in [-0.39, 0.29) is 39.5 Å². The van der Waals surface area contributed by atoms with Gasteiger partial charge in [-0.1, -0.05) is 36.4 Å². The van der Waals surface area contributed by atoms with Crippen molar-refractivity contribution in [3.63, 3.8) is 0 Å². The summed E-state index contributed by atoms with van der Waals surface area (Å²) in [6.45, 7) is 0.875. The van der Waals surface area contributed by atoms with Gasteiger partial charge in [0.25, 0.3) is 11.5 Å². The van der Waals surface area contributed by atoms with E-state index in [1.54, 1.807) is 41.3 Å². The van der Waals surface area contributed by atoms with E-state index in [0.29, 0.717) is 28.9 Å². The fourth-order valence-corrected chi connectivity index (χ4v) is 4.94. The maximum absolute atomic E-state index is 14.2. The van der Waals surface area contributed by atoms with Gasteiger partial charge < -0.3 is 14.1 Å². The number of ether oxygens (including phenoxy) is 1. The highest BCUT2D eigenvalue weighted by molar-refractivity contribution is 6.00. The maximum Gasteiger partial charge on any atom is 0.433 e. The average molecular weight is 537 g/mol. The second-order valence-corrected chi connectivity index (χ2v) is 9.20. The number of carbonyl (C=O) groups excluding carboxylic acids is 1. The highest BCUT2D eigenvalue weighted by atomic mass is 19.4. The average Bonchev–Trinajstić information content (AvgIpc) is 3.55. The summed E-state index contributed by atoms with van der Waals surface area (Å²) in [5.74, 6) is -0.454. The number of carbonyl (C=O) groups is 1. The molecule has 0 saturated carbocycles. The number of nitrogens with zero attached hydrogens (tertiary/aromatic N) is 4. The van der Waals surface area contributed by atoms with E-state index in [1.165, 1.54) is 19.2 Å². The van der Waals surface area contributed by atoms with Crippen LogP contribution in [0.5, 0.6) is 5.75 Å². The molecule has 1 aliphatic rings. The Morgan fingerprint density at radius 3 is 2.44 bits per heavy atom. The zero-order valence-electron chi connectivity index (χ0n) is 20.7. The number of likely N-dealkylation sites (tertiary alicyclic amines) is 1. The molecule has 0 radical (unpaired) electrons. The van der Waals surface area contributed by atoms with Crippen molar-refractivity contribution < 1.29 is 27.1 Å². The Bertz CT molecular complexity index is 1770. The summed E-state index contributed by atoms with van der Waals surface area (Å²) in [6, 6.07) is 12.7. The number of aromatic amines is 1. The third kappa shape index (κ3) is 4.12. The summed E-state index contributed by atoms with van der Waals surface area (Å²) < 4.78 is 54.5. The number of aromatic nitrogens is 4. The number of hydrogen-bond donors (Lipinski definition) is 1. The Hall–Kier alpha value is -4.61. The van der Waals surface area contributed by atoms with E-state index < -0.39 is 23.3 Å². The first-order valence-corrected chi connectivity index (χ1v) is 12.3. The van der Waals surface area contributed by atoms with Crippen LogP contribution in [0.1, 0.15) is 35.4 Å². The van der Waals surface area contributed by atoms with Gasteiger partial charge in [-0.2, -0.15) is 17.7 Å². The van der Waals surface area contributed by atoms with Gasteiger partial charge in [0.1, 0.15) is 22.7 Å². The number of amides is 1. The summed E-state index contributed by atoms with van der Waals surface area (Å²) in [5, 5.41) is 2.18. The van der Waals surface area contributed by atoms with Crippen LogP contribution in [0.3, 0.4) is 0 Å². The number of fused-ring (bicyclic) bond motifs is 2. The van der Waals surface area contributed by atoms with E-state index in [1.807, 2.05) is 0 Å². The number of benzene rings is 2. The van der Waals surface area contributed by atoms with Crippen molar-refractivity contribution in [3.8, 4) is 28.3 Å². The Kier molecular flexibility index (Phi) is 5.89. The first kappa shape index (κ1) is 24.7. The smallest absolute Gasteiger partial charge is 0.433 e. The lowest BCUT2D eigenvalue weighted by Crippen LogP contribution is -2.37. The summed E-state index contributed by atoms with van der Waals surface area (Å²) >= 11 is 0. The van der Waals surface area contributed by atoms with Gasteiger partial charge in [-0.3, -0.25) is 14.7 Å². The second kappa shape index (κ2) is 9.29. The van der Waals surface area contributed by atoms with Crippen LogP contribution >= 0.6 is 0 Å². The number of alkyl halides is 3. The first-order valence-electron chi connectivity index (χ1n) is 12.3. The lowest BCUT2D eigenvalue weighted by molar-refractivity contribution is -0.140. The number of piperidine rings is 1. The van der Waals surface area contributed by atoms with Crippen LogP contribution in [-0.2, 0) is 6.18 Å². The van der Waals surface area contributed by atoms with Crippen molar-refractivity contribution in [2.24, 2.45) is 0 Å². The van der Waals surface area contributed by atoms with Crippen molar-refractivity contribution >= 4 is 22.7 Å². The molecule has 12 heteroatoms. The van der Waals surface area contributed by atoms with Crippen LogP contribution in [0.4, 0.5) is 13.2 Å². The Balaban J connectivity index is 1.69. The third-order valence-corrected chi connectivity index (χ3v) is 6.79. The van der Waals surface area contributed by atoms with Crippen molar-refractivity contribution in [1.29, 1.82) is 0 Å². The van der Waals surface area contributed by atoms with E-state index in [0.717, 1.165) is 19.3 Å². The normalized spacial score (nSPS) is 14.3. The number of para-hydroxylation sites is 1. The van der Waals surface area contributed by atoms with E-state index >= 15 is 0 Å². The lowest BCUT2D eigenvalue weighted by Gasteiger charge is -2.26. The number of hydrogen-bond acceptors (Lipinski definition) is 6. The molecule has 1 aliphatic heterocycles. The molecule has 39 heavy (non-hydrogen) atoms. The number of halogens is 3. The molecule has 0 spiro atoms. The molecule has 1 N–H and O–H groups in total. The molecule has 4 heterocycles. The molecule has 6 rings (SSSR count). The van der Waals surface area contributed by atoms with E-state index in [4.69, 9.17) is 9.15 Å². The van der Waals surface area contributed by atoms with Gasteiger partial charge in [0.15, 0.2) is 16.7 Å². The predicted octanol–water partition coefficient (Wildman–Crippen LogP) is 5.15. The van der Waals surface area contributed by atoms with Crippen LogP contribution < -0.4 is 10.3 Å².